The monoisotopic (exact) mass is 502 g/mol. The van der Waals surface area contributed by atoms with Gasteiger partial charge in [-0.1, -0.05) is 0 Å². The summed E-state index contributed by atoms with van der Waals surface area (Å²) in [6.45, 7) is 2.49. The van der Waals surface area contributed by atoms with Gasteiger partial charge in [0.1, 0.15) is 22.1 Å². The Hall–Kier alpha value is -3.56. The molecular formula is C23H27FN6O4S. The Morgan fingerprint density at radius 1 is 1.31 bits per heavy atom. The van der Waals surface area contributed by atoms with Gasteiger partial charge in [0.25, 0.3) is 5.91 Å². The molecule has 1 unspecified atom stereocenters. The van der Waals surface area contributed by atoms with Gasteiger partial charge in [-0.05, 0) is 44.5 Å². The molecule has 35 heavy (non-hydrogen) atoms. The first-order valence-electron chi connectivity index (χ1n) is 10.8. The highest BCUT2D eigenvalue weighted by atomic mass is 32.2. The summed E-state index contributed by atoms with van der Waals surface area (Å²) in [5.74, 6) is -0.623. The van der Waals surface area contributed by atoms with Crippen LogP contribution in [0, 0.1) is 11.3 Å². The molecule has 1 atom stereocenters. The van der Waals surface area contributed by atoms with Crippen LogP contribution in [0.25, 0.3) is 16.9 Å². The van der Waals surface area contributed by atoms with Crippen molar-refractivity contribution in [1.29, 1.82) is 5.26 Å². The fourth-order valence-electron chi connectivity index (χ4n) is 3.26. The highest BCUT2D eigenvalue weighted by Crippen LogP contribution is 2.25. The van der Waals surface area contributed by atoms with Crippen molar-refractivity contribution >= 4 is 26.9 Å². The second-order valence-electron chi connectivity index (χ2n) is 8.77. The first kappa shape index (κ1) is 26.1. The van der Waals surface area contributed by atoms with Gasteiger partial charge in [0, 0.05) is 19.0 Å². The molecule has 10 nitrogen and oxygen atoms in total. The molecule has 0 aliphatic carbocycles. The number of nitriles is 1. The third-order valence-electron chi connectivity index (χ3n) is 5.26. The molecular weight excluding hydrogens is 475 g/mol. The number of amides is 1. The SMILES string of the molecule is CC(C)(O)C(F)CNC(=O)c1cnc(-c2ccc3cc(C#N)cnn23)cc1NCCCS(C)(=O)=O. The smallest absolute Gasteiger partial charge is 0.255 e. The maximum Gasteiger partial charge on any atom is 0.255 e. The second-order valence-corrected chi connectivity index (χ2v) is 11.0. The van der Waals surface area contributed by atoms with Crippen molar-refractivity contribution in [3.63, 3.8) is 0 Å². The van der Waals surface area contributed by atoms with Crippen molar-refractivity contribution in [1.82, 2.24) is 19.9 Å². The van der Waals surface area contributed by atoms with Crippen molar-refractivity contribution in [3.8, 4) is 17.5 Å². The first-order chi connectivity index (χ1) is 16.4. The van der Waals surface area contributed by atoms with Crippen LogP contribution in [0.5, 0.6) is 0 Å². The maximum atomic E-state index is 14.1. The van der Waals surface area contributed by atoms with Crippen LogP contribution in [-0.2, 0) is 9.84 Å². The summed E-state index contributed by atoms with van der Waals surface area (Å²) in [6.07, 6.45) is 2.55. The summed E-state index contributed by atoms with van der Waals surface area (Å²) in [7, 11) is -3.14. The average molecular weight is 503 g/mol. The third-order valence-corrected chi connectivity index (χ3v) is 6.29. The number of alkyl halides is 1. The maximum absolute atomic E-state index is 14.1. The number of rotatable bonds is 10. The van der Waals surface area contributed by atoms with E-state index in [1.807, 2.05) is 6.07 Å². The number of pyridine rings is 1. The summed E-state index contributed by atoms with van der Waals surface area (Å²) < 4.78 is 38.6. The molecule has 0 aromatic carbocycles. The number of carbonyl (C=O) groups is 1. The van der Waals surface area contributed by atoms with Crippen molar-refractivity contribution in [2.45, 2.75) is 32.0 Å². The van der Waals surface area contributed by atoms with Crippen molar-refractivity contribution in [2.24, 2.45) is 0 Å². The number of hydrogen-bond acceptors (Lipinski definition) is 8. The van der Waals surface area contributed by atoms with Gasteiger partial charge >= 0.3 is 0 Å². The predicted molar refractivity (Wildman–Crippen MR) is 129 cm³/mol. The van der Waals surface area contributed by atoms with Crippen LogP contribution in [0.15, 0.2) is 36.7 Å². The van der Waals surface area contributed by atoms with Crippen LogP contribution in [0.2, 0.25) is 0 Å². The van der Waals surface area contributed by atoms with Gasteiger partial charge < -0.3 is 15.7 Å². The minimum Gasteiger partial charge on any atom is -0.387 e. The molecule has 0 saturated carbocycles. The lowest BCUT2D eigenvalue weighted by atomic mass is 10.0. The summed E-state index contributed by atoms with van der Waals surface area (Å²) in [6, 6.07) is 8.89. The van der Waals surface area contributed by atoms with Gasteiger partial charge in [-0.2, -0.15) is 10.4 Å². The molecule has 0 saturated heterocycles. The molecule has 0 fully saturated rings. The van der Waals surface area contributed by atoms with Crippen molar-refractivity contribution < 1.29 is 22.7 Å². The fraction of sp³-hybridized carbons (Fsp3) is 0.391. The van der Waals surface area contributed by atoms with Crippen LogP contribution in [0.4, 0.5) is 10.1 Å². The van der Waals surface area contributed by atoms with E-state index in [1.54, 1.807) is 28.8 Å². The Kier molecular flexibility index (Phi) is 7.72. The standard InChI is InChI=1S/C23H27FN6O4S/c1-23(2,32)21(24)14-28-22(31)17-13-27-19(10-18(17)26-7-4-8-35(3,33)34)20-6-5-16-9-15(11-25)12-29-30(16)20/h5-6,9-10,12-13,21,32H,4,7-8,14H2,1-3H3,(H,26,27)(H,28,31). The van der Waals surface area contributed by atoms with Crippen LogP contribution >= 0.6 is 0 Å². The zero-order valence-electron chi connectivity index (χ0n) is 19.6. The van der Waals surface area contributed by atoms with Gasteiger partial charge in [-0.25, -0.2) is 17.3 Å². The quantitative estimate of drug-likeness (QED) is 0.356. The molecule has 3 rings (SSSR count). The Morgan fingerprint density at radius 2 is 2.06 bits per heavy atom. The first-order valence-corrected chi connectivity index (χ1v) is 12.9. The number of carbonyl (C=O) groups excluding carboxylic acids is 1. The van der Waals surface area contributed by atoms with Gasteiger partial charge in [0.05, 0.1) is 57.8 Å². The molecule has 3 heterocycles. The van der Waals surface area contributed by atoms with E-state index in [0.717, 1.165) is 6.26 Å². The number of anilines is 1. The van der Waals surface area contributed by atoms with E-state index >= 15 is 0 Å². The number of nitrogens with one attached hydrogen (secondary N) is 2. The minimum atomic E-state index is -3.14. The fourth-order valence-corrected chi connectivity index (χ4v) is 3.93. The van der Waals surface area contributed by atoms with E-state index in [1.165, 1.54) is 26.2 Å². The predicted octanol–water partition coefficient (Wildman–Crippen LogP) is 1.95. The minimum absolute atomic E-state index is 0.0247. The molecule has 3 aromatic heterocycles. The summed E-state index contributed by atoms with van der Waals surface area (Å²) >= 11 is 0. The molecule has 3 N–H and O–H groups in total. The van der Waals surface area contributed by atoms with Crippen molar-refractivity contribution in [2.75, 3.05) is 30.4 Å². The van der Waals surface area contributed by atoms with Gasteiger partial charge in [0.15, 0.2) is 0 Å². The number of halogens is 1. The number of nitrogens with zero attached hydrogens (tertiary/aromatic N) is 4. The Morgan fingerprint density at radius 3 is 2.71 bits per heavy atom. The van der Waals surface area contributed by atoms with E-state index in [9.17, 15) is 22.7 Å². The second kappa shape index (κ2) is 10.4. The Labute approximate surface area is 202 Å². The molecule has 0 aliphatic heterocycles. The molecule has 12 heteroatoms. The lowest BCUT2D eigenvalue weighted by Gasteiger charge is -2.22. The van der Waals surface area contributed by atoms with Gasteiger partial charge in [0.2, 0.25) is 0 Å². The van der Waals surface area contributed by atoms with E-state index < -0.39 is 34.1 Å². The van der Waals surface area contributed by atoms with Crippen molar-refractivity contribution in [3.05, 3.63) is 47.8 Å². The number of sulfone groups is 1. The van der Waals surface area contributed by atoms with E-state index in [4.69, 9.17) is 5.26 Å². The third kappa shape index (κ3) is 6.74. The van der Waals surface area contributed by atoms with Crippen LogP contribution in [-0.4, -0.2) is 70.9 Å². The molecule has 0 radical (unpaired) electrons. The number of fused-ring (bicyclic) bond motifs is 1. The molecule has 3 aromatic rings. The summed E-state index contributed by atoms with van der Waals surface area (Å²) in [5.41, 5.74) is 1.08. The van der Waals surface area contributed by atoms with Gasteiger partial charge in [-0.3, -0.25) is 9.78 Å². The zero-order chi connectivity index (χ0) is 25.8. The Bertz CT molecular complexity index is 1370. The molecule has 0 bridgehead atoms. The topological polar surface area (TPSA) is 149 Å². The highest BCUT2D eigenvalue weighted by molar-refractivity contribution is 7.90. The lowest BCUT2D eigenvalue weighted by molar-refractivity contribution is -0.00177. The normalized spacial score (nSPS) is 12.8. The van der Waals surface area contributed by atoms with E-state index in [2.05, 4.69) is 20.7 Å². The van der Waals surface area contributed by atoms with E-state index in [0.29, 0.717) is 34.6 Å². The van der Waals surface area contributed by atoms with E-state index in [-0.39, 0.29) is 17.9 Å². The van der Waals surface area contributed by atoms with Crippen LogP contribution < -0.4 is 10.6 Å². The molecule has 0 spiro atoms. The highest BCUT2D eigenvalue weighted by Gasteiger charge is 2.27. The molecule has 186 valence electrons. The number of hydrogen-bond donors (Lipinski definition) is 3. The lowest BCUT2D eigenvalue weighted by Crippen LogP contribution is -2.42. The Balaban J connectivity index is 1.90. The largest absolute Gasteiger partial charge is 0.387 e. The zero-order valence-corrected chi connectivity index (χ0v) is 20.4. The number of aromatic nitrogens is 3. The number of aliphatic hydroxyl groups is 1. The molecule has 1 amide bonds. The van der Waals surface area contributed by atoms with Crippen LogP contribution in [0.3, 0.4) is 0 Å². The van der Waals surface area contributed by atoms with Crippen LogP contribution in [0.1, 0.15) is 36.2 Å². The van der Waals surface area contributed by atoms with Gasteiger partial charge in [-0.15, -0.1) is 0 Å². The summed E-state index contributed by atoms with van der Waals surface area (Å²) in [5, 5.41) is 28.7. The summed E-state index contributed by atoms with van der Waals surface area (Å²) in [4.78, 5) is 17.2. The molecule has 0 aliphatic rings. The average Bonchev–Trinajstić information content (AvgIpc) is 3.21.